The van der Waals surface area contributed by atoms with Gasteiger partial charge in [0.15, 0.2) is 0 Å². The highest BCUT2D eigenvalue weighted by Crippen LogP contribution is 2.21. The van der Waals surface area contributed by atoms with Crippen LogP contribution in [0.15, 0.2) is 18.2 Å². The van der Waals surface area contributed by atoms with Crippen molar-refractivity contribution in [2.45, 2.75) is 26.2 Å². The van der Waals surface area contributed by atoms with E-state index in [1.807, 2.05) is 0 Å². The molecule has 0 radical (unpaired) electrons. The Morgan fingerprint density at radius 1 is 1.32 bits per heavy atom. The van der Waals surface area contributed by atoms with E-state index >= 15 is 0 Å². The van der Waals surface area contributed by atoms with E-state index in [-0.39, 0.29) is 10.9 Å². The predicted octanol–water partition coefficient (Wildman–Crippen LogP) is 2.56. The zero-order valence-electron chi connectivity index (χ0n) is 14.7. The Balaban J connectivity index is 1.78. The minimum absolute atomic E-state index is 0.219. The van der Waals surface area contributed by atoms with Crippen LogP contribution >= 0.6 is 11.6 Å². The summed E-state index contributed by atoms with van der Waals surface area (Å²) in [6.45, 7) is 6.13. The fourth-order valence-corrected chi connectivity index (χ4v) is 3.68. The molecule has 1 aromatic rings. The molecule has 1 heterocycles. The zero-order chi connectivity index (χ0) is 18.4. The van der Waals surface area contributed by atoms with Crippen molar-refractivity contribution < 1.29 is 13.2 Å². The number of nitrogens with one attached hydrogen (secondary N) is 2. The number of sulfonamides is 1. The van der Waals surface area contributed by atoms with Crippen LogP contribution in [0.1, 0.15) is 36.5 Å². The topological polar surface area (TPSA) is 78.5 Å². The Hall–Kier alpha value is -1.31. The third kappa shape index (κ3) is 6.84. The number of benzene rings is 1. The monoisotopic (exact) mass is 387 g/mol. The van der Waals surface area contributed by atoms with E-state index in [1.165, 1.54) is 31.0 Å². The summed E-state index contributed by atoms with van der Waals surface area (Å²) in [5.74, 6) is 0.571. The van der Waals surface area contributed by atoms with E-state index in [1.54, 1.807) is 0 Å². The molecule has 6 nitrogen and oxygen atoms in total. The molecule has 1 aromatic carbocycles. The van der Waals surface area contributed by atoms with Crippen LogP contribution in [0.3, 0.4) is 0 Å². The third-order valence-corrected chi connectivity index (χ3v) is 5.25. The Morgan fingerprint density at radius 3 is 2.60 bits per heavy atom. The van der Waals surface area contributed by atoms with Crippen molar-refractivity contribution in [3.05, 3.63) is 28.8 Å². The fraction of sp³-hybridized carbons (Fsp3) is 0.588. The predicted molar refractivity (Wildman–Crippen MR) is 102 cm³/mol. The molecule has 25 heavy (non-hydrogen) atoms. The lowest BCUT2D eigenvalue weighted by molar-refractivity contribution is 0.0950. The summed E-state index contributed by atoms with van der Waals surface area (Å²) in [5, 5.41) is 3.09. The van der Waals surface area contributed by atoms with Gasteiger partial charge in [-0.15, -0.1) is 0 Å². The van der Waals surface area contributed by atoms with Gasteiger partial charge >= 0.3 is 0 Å². The highest BCUT2D eigenvalue weighted by molar-refractivity contribution is 7.92. The van der Waals surface area contributed by atoms with Crippen LogP contribution < -0.4 is 10.0 Å². The summed E-state index contributed by atoms with van der Waals surface area (Å²) < 4.78 is 24.8. The molecule has 0 spiro atoms. The average molecular weight is 388 g/mol. The first-order valence-electron chi connectivity index (χ1n) is 8.52. The summed E-state index contributed by atoms with van der Waals surface area (Å²) >= 11 is 6.10. The zero-order valence-corrected chi connectivity index (χ0v) is 16.3. The standard InChI is InChI=1S/C17H26ClN3O3S/c1-13-6-10-21(11-7-13)9-3-8-19-17(22)15-5-4-14(12-16(15)18)20-25(2,23)24/h4-5,12-13,20H,3,6-11H2,1-2H3,(H,19,22). The van der Waals surface area contributed by atoms with Crippen LogP contribution in [-0.4, -0.2) is 51.7 Å². The van der Waals surface area contributed by atoms with Crippen LogP contribution in [0.5, 0.6) is 0 Å². The van der Waals surface area contributed by atoms with E-state index < -0.39 is 10.0 Å². The smallest absolute Gasteiger partial charge is 0.252 e. The number of piperidine rings is 1. The normalized spacial score (nSPS) is 16.6. The SMILES string of the molecule is CC1CCN(CCCNC(=O)c2ccc(NS(C)(=O)=O)cc2Cl)CC1. The van der Waals surface area contributed by atoms with E-state index in [2.05, 4.69) is 21.9 Å². The molecule has 0 bridgehead atoms. The Bertz CT molecular complexity index is 701. The lowest BCUT2D eigenvalue weighted by atomic mass is 9.99. The van der Waals surface area contributed by atoms with E-state index in [0.717, 1.165) is 38.2 Å². The first kappa shape index (κ1) is 20.0. The van der Waals surface area contributed by atoms with Gasteiger partial charge in [0.2, 0.25) is 10.0 Å². The third-order valence-electron chi connectivity index (χ3n) is 4.33. The minimum Gasteiger partial charge on any atom is -0.352 e. The number of nitrogens with zero attached hydrogens (tertiary/aromatic N) is 1. The molecule has 1 fully saturated rings. The van der Waals surface area contributed by atoms with Gasteiger partial charge in [-0.3, -0.25) is 9.52 Å². The van der Waals surface area contributed by atoms with Crippen LogP contribution in [0, 0.1) is 5.92 Å². The van der Waals surface area contributed by atoms with Crippen molar-refractivity contribution in [3.63, 3.8) is 0 Å². The van der Waals surface area contributed by atoms with E-state index in [9.17, 15) is 13.2 Å². The van der Waals surface area contributed by atoms with Crippen molar-refractivity contribution in [1.82, 2.24) is 10.2 Å². The summed E-state index contributed by atoms with van der Waals surface area (Å²) in [6.07, 6.45) is 4.45. The van der Waals surface area contributed by atoms with Gasteiger partial charge in [0.05, 0.1) is 16.8 Å². The maximum atomic E-state index is 12.2. The van der Waals surface area contributed by atoms with E-state index in [0.29, 0.717) is 17.8 Å². The van der Waals surface area contributed by atoms with Crippen molar-refractivity contribution in [2.24, 2.45) is 5.92 Å². The number of hydrogen-bond donors (Lipinski definition) is 2. The van der Waals surface area contributed by atoms with Crippen LogP contribution in [0.25, 0.3) is 0 Å². The van der Waals surface area contributed by atoms with Crippen molar-refractivity contribution in [2.75, 3.05) is 37.2 Å². The first-order chi connectivity index (χ1) is 11.7. The number of carbonyl (C=O) groups is 1. The van der Waals surface area contributed by atoms with Crippen LogP contribution in [0.4, 0.5) is 5.69 Å². The summed E-state index contributed by atoms with van der Waals surface area (Å²) in [6, 6.07) is 4.49. The molecular weight excluding hydrogens is 362 g/mol. The second-order valence-corrected chi connectivity index (χ2v) is 8.86. The van der Waals surface area contributed by atoms with Crippen LogP contribution in [0.2, 0.25) is 5.02 Å². The van der Waals surface area contributed by atoms with Gasteiger partial charge < -0.3 is 10.2 Å². The van der Waals surface area contributed by atoms with Crippen molar-refractivity contribution in [1.29, 1.82) is 0 Å². The largest absolute Gasteiger partial charge is 0.352 e. The molecule has 0 atom stereocenters. The van der Waals surface area contributed by atoms with Gasteiger partial charge in [-0.2, -0.15) is 0 Å². The summed E-state index contributed by atoms with van der Waals surface area (Å²) in [7, 11) is -3.37. The molecule has 0 aromatic heterocycles. The number of halogens is 1. The molecule has 1 aliphatic rings. The quantitative estimate of drug-likeness (QED) is 0.705. The van der Waals surface area contributed by atoms with Crippen molar-refractivity contribution >= 4 is 33.2 Å². The molecule has 2 N–H and O–H groups in total. The highest BCUT2D eigenvalue weighted by Gasteiger charge is 2.15. The number of rotatable bonds is 7. The van der Waals surface area contributed by atoms with Gasteiger partial charge in [0.1, 0.15) is 0 Å². The molecule has 8 heteroatoms. The van der Waals surface area contributed by atoms with Gasteiger partial charge in [-0.1, -0.05) is 18.5 Å². The molecule has 1 amide bonds. The number of amides is 1. The Morgan fingerprint density at radius 2 is 2.00 bits per heavy atom. The summed E-state index contributed by atoms with van der Waals surface area (Å²) in [4.78, 5) is 14.6. The first-order valence-corrected chi connectivity index (χ1v) is 10.8. The molecule has 1 saturated heterocycles. The van der Waals surface area contributed by atoms with Gasteiger partial charge in [-0.25, -0.2) is 8.42 Å². The number of anilines is 1. The second kappa shape index (κ2) is 8.87. The van der Waals surface area contributed by atoms with Gasteiger partial charge in [0.25, 0.3) is 5.91 Å². The molecule has 140 valence electrons. The molecule has 1 aliphatic heterocycles. The average Bonchev–Trinajstić information content (AvgIpc) is 2.51. The molecule has 0 saturated carbocycles. The Kier molecular flexibility index (Phi) is 7.10. The lowest BCUT2D eigenvalue weighted by Crippen LogP contribution is -2.35. The fourth-order valence-electron chi connectivity index (χ4n) is 2.86. The number of likely N-dealkylation sites (tertiary alicyclic amines) is 1. The minimum atomic E-state index is -3.37. The number of carbonyl (C=O) groups excluding carboxylic acids is 1. The van der Waals surface area contributed by atoms with Crippen LogP contribution in [-0.2, 0) is 10.0 Å². The second-order valence-electron chi connectivity index (χ2n) is 6.70. The molecule has 0 aliphatic carbocycles. The maximum absolute atomic E-state index is 12.2. The summed E-state index contributed by atoms with van der Waals surface area (Å²) in [5.41, 5.74) is 0.677. The lowest BCUT2D eigenvalue weighted by Gasteiger charge is -2.30. The Labute approximate surface area is 155 Å². The van der Waals surface area contributed by atoms with Crippen molar-refractivity contribution in [3.8, 4) is 0 Å². The number of hydrogen-bond acceptors (Lipinski definition) is 4. The molecule has 0 unspecified atom stereocenters. The highest BCUT2D eigenvalue weighted by atomic mass is 35.5. The van der Waals surface area contributed by atoms with Gasteiger partial charge in [0, 0.05) is 12.2 Å². The van der Waals surface area contributed by atoms with Gasteiger partial charge in [-0.05, 0) is 63.0 Å². The maximum Gasteiger partial charge on any atom is 0.252 e. The molecular formula is C17H26ClN3O3S. The van der Waals surface area contributed by atoms with E-state index in [4.69, 9.17) is 11.6 Å². The molecule has 2 rings (SSSR count).